The number of carbonyl (C=O) groups excluding carboxylic acids is 3. The summed E-state index contributed by atoms with van der Waals surface area (Å²) < 4.78 is 10.3. The molecule has 0 heterocycles. The molecule has 0 fully saturated rings. The Balaban J connectivity index is 1.87. The molecule has 2 rings (SSSR count). The topological polar surface area (TPSA) is 81.7 Å². The number of hydrogen-bond donors (Lipinski definition) is 1. The molecule has 27 heavy (non-hydrogen) atoms. The number of anilines is 1. The van der Waals surface area contributed by atoms with Crippen molar-refractivity contribution in [2.24, 2.45) is 0 Å². The second-order valence-corrected chi connectivity index (χ2v) is 6.46. The van der Waals surface area contributed by atoms with Gasteiger partial charge in [0.15, 0.2) is 18.5 Å². The maximum Gasteiger partial charge on any atom is 0.344 e. The number of nitrogens with one attached hydrogen (secondary N) is 1. The first kappa shape index (κ1) is 20.7. The fourth-order valence-electron chi connectivity index (χ4n) is 2.06. The Kier molecular flexibility index (Phi) is 7.21. The minimum Gasteiger partial charge on any atom is -0.482 e. The minimum atomic E-state index is -1.07. The number of halogens is 2. The molecule has 2 aromatic rings. The van der Waals surface area contributed by atoms with E-state index in [1.165, 1.54) is 26.0 Å². The van der Waals surface area contributed by atoms with Crippen LogP contribution in [0.5, 0.6) is 5.75 Å². The predicted octanol–water partition coefficient (Wildman–Crippen LogP) is 4.15. The molecule has 8 heteroatoms. The summed E-state index contributed by atoms with van der Waals surface area (Å²) in [6.07, 6.45) is -1.07. The van der Waals surface area contributed by atoms with Gasteiger partial charge in [0.2, 0.25) is 0 Å². The maximum atomic E-state index is 12.1. The molecule has 0 bridgehead atoms. The summed E-state index contributed by atoms with van der Waals surface area (Å²) in [5.74, 6) is -1.07. The molecule has 0 aliphatic heterocycles. The van der Waals surface area contributed by atoms with E-state index < -0.39 is 24.6 Å². The van der Waals surface area contributed by atoms with Crippen molar-refractivity contribution in [3.05, 3.63) is 58.1 Å². The molecule has 0 spiro atoms. The lowest BCUT2D eigenvalue weighted by Gasteiger charge is -2.15. The van der Waals surface area contributed by atoms with Crippen LogP contribution in [0.4, 0.5) is 5.69 Å². The Morgan fingerprint density at radius 3 is 2.56 bits per heavy atom. The molecule has 2 aromatic carbocycles. The molecule has 0 aliphatic carbocycles. The molecule has 1 amide bonds. The quantitative estimate of drug-likeness (QED) is 0.548. The second kappa shape index (κ2) is 9.39. The molecular weight excluding hydrogens is 393 g/mol. The first-order valence-corrected chi connectivity index (χ1v) is 8.71. The highest BCUT2D eigenvalue weighted by Crippen LogP contribution is 2.25. The third-order valence-electron chi connectivity index (χ3n) is 3.46. The van der Waals surface area contributed by atoms with Crippen LogP contribution in [-0.2, 0) is 14.3 Å². The minimum absolute atomic E-state index is 0.118. The molecule has 1 N–H and O–H groups in total. The van der Waals surface area contributed by atoms with E-state index in [1.54, 1.807) is 30.3 Å². The number of ether oxygens (including phenoxy) is 2. The van der Waals surface area contributed by atoms with Gasteiger partial charge in [0.1, 0.15) is 5.75 Å². The number of Topliss-reactive ketones (excluding diaryl/α,β-unsaturated/α-hetero) is 1. The van der Waals surface area contributed by atoms with Crippen molar-refractivity contribution in [2.75, 3.05) is 11.9 Å². The first-order chi connectivity index (χ1) is 12.8. The third-order valence-corrected chi connectivity index (χ3v) is 4.03. The van der Waals surface area contributed by atoms with Gasteiger partial charge in [-0.1, -0.05) is 35.3 Å². The number of benzene rings is 2. The predicted molar refractivity (Wildman–Crippen MR) is 103 cm³/mol. The summed E-state index contributed by atoms with van der Waals surface area (Å²) in [7, 11) is 0. The number of hydrogen-bond acceptors (Lipinski definition) is 5. The highest BCUT2D eigenvalue weighted by Gasteiger charge is 2.19. The Bertz CT molecular complexity index is 869. The monoisotopic (exact) mass is 409 g/mol. The van der Waals surface area contributed by atoms with E-state index in [2.05, 4.69) is 5.32 Å². The number of carbonyl (C=O) groups is 3. The zero-order valence-electron chi connectivity index (χ0n) is 14.6. The van der Waals surface area contributed by atoms with E-state index in [0.717, 1.165) is 0 Å². The Morgan fingerprint density at radius 2 is 1.85 bits per heavy atom. The van der Waals surface area contributed by atoms with Gasteiger partial charge in [-0.3, -0.25) is 9.59 Å². The molecular formula is C19H17Cl2NO5. The fraction of sp³-hybridized carbons (Fsp3) is 0.211. The van der Waals surface area contributed by atoms with Crippen LogP contribution in [-0.4, -0.2) is 30.4 Å². The van der Waals surface area contributed by atoms with E-state index in [-0.39, 0.29) is 5.78 Å². The van der Waals surface area contributed by atoms with Crippen LogP contribution in [0.25, 0.3) is 0 Å². The van der Waals surface area contributed by atoms with Crippen molar-refractivity contribution >= 4 is 46.5 Å². The average Bonchev–Trinajstić information content (AvgIpc) is 2.63. The fourth-order valence-corrected chi connectivity index (χ4v) is 2.40. The van der Waals surface area contributed by atoms with Gasteiger partial charge in [-0.15, -0.1) is 0 Å². The van der Waals surface area contributed by atoms with Gasteiger partial charge >= 0.3 is 5.97 Å². The highest BCUT2D eigenvalue weighted by molar-refractivity contribution is 6.35. The highest BCUT2D eigenvalue weighted by atomic mass is 35.5. The Morgan fingerprint density at radius 1 is 1.11 bits per heavy atom. The molecule has 0 unspecified atom stereocenters. The molecule has 142 valence electrons. The summed E-state index contributed by atoms with van der Waals surface area (Å²) in [5.41, 5.74) is 0.779. The SMILES string of the molecule is CC(=O)c1cccc(OCC(=O)O[C@H](C)C(=O)Nc2cc(Cl)ccc2Cl)c1. The molecule has 0 radical (unpaired) electrons. The van der Waals surface area contributed by atoms with Gasteiger partial charge in [-0.25, -0.2) is 4.79 Å². The Hall–Kier alpha value is -2.57. The number of esters is 1. The lowest BCUT2D eigenvalue weighted by molar-refractivity contribution is -0.155. The maximum absolute atomic E-state index is 12.1. The van der Waals surface area contributed by atoms with Gasteiger partial charge in [0.05, 0.1) is 10.7 Å². The standard InChI is InChI=1S/C19H17Cl2NO5/c1-11(23)13-4-3-5-15(8-13)26-10-18(24)27-12(2)19(25)22-17-9-14(20)6-7-16(17)21/h3-9,12H,10H2,1-2H3,(H,22,25)/t12-/m1/s1. The molecule has 0 saturated heterocycles. The van der Waals surface area contributed by atoms with Gasteiger partial charge in [-0.2, -0.15) is 0 Å². The number of rotatable bonds is 7. The van der Waals surface area contributed by atoms with E-state index in [1.807, 2.05) is 0 Å². The number of amides is 1. The smallest absolute Gasteiger partial charge is 0.344 e. The molecule has 1 atom stereocenters. The van der Waals surface area contributed by atoms with Gasteiger partial charge < -0.3 is 14.8 Å². The van der Waals surface area contributed by atoms with E-state index in [9.17, 15) is 14.4 Å². The second-order valence-electron chi connectivity index (χ2n) is 5.62. The zero-order valence-corrected chi connectivity index (χ0v) is 16.1. The van der Waals surface area contributed by atoms with Gasteiger partial charge in [0.25, 0.3) is 5.91 Å². The van der Waals surface area contributed by atoms with Crippen LogP contribution in [0.3, 0.4) is 0 Å². The van der Waals surface area contributed by atoms with Gasteiger partial charge in [-0.05, 0) is 44.2 Å². The summed E-state index contributed by atoms with van der Waals surface area (Å²) in [4.78, 5) is 35.4. The van der Waals surface area contributed by atoms with Crippen LogP contribution in [0.2, 0.25) is 10.0 Å². The van der Waals surface area contributed by atoms with Crippen LogP contribution in [0.1, 0.15) is 24.2 Å². The van der Waals surface area contributed by atoms with E-state index in [4.69, 9.17) is 32.7 Å². The largest absolute Gasteiger partial charge is 0.482 e. The normalized spacial score (nSPS) is 11.4. The lowest BCUT2D eigenvalue weighted by Crippen LogP contribution is -2.31. The summed E-state index contributed by atoms with van der Waals surface area (Å²) >= 11 is 11.8. The van der Waals surface area contributed by atoms with E-state index >= 15 is 0 Å². The van der Waals surface area contributed by atoms with Crippen molar-refractivity contribution in [1.29, 1.82) is 0 Å². The van der Waals surface area contributed by atoms with Gasteiger partial charge in [0, 0.05) is 10.6 Å². The van der Waals surface area contributed by atoms with Crippen molar-refractivity contribution < 1.29 is 23.9 Å². The van der Waals surface area contributed by atoms with E-state index in [0.29, 0.717) is 27.0 Å². The van der Waals surface area contributed by atoms with Crippen molar-refractivity contribution in [3.63, 3.8) is 0 Å². The van der Waals surface area contributed by atoms with Crippen LogP contribution in [0, 0.1) is 0 Å². The molecule has 0 aliphatic rings. The van der Waals surface area contributed by atoms with Crippen LogP contribution >= 0.6 is 23.2 Å². The third kappa shape index (κ3) is 6.27. The average molecular weight is 410 g/mol. The van der Waals surface area contributed by atoms with Crippen LogP contribution < -0.4 is 10.1 Å². The summed E-state index contributed by atoms with van der Waals surface area (Å²) in [6, 6.07) is 11.0. The summed E-state index contributed by atoms with van der Waals surface area (Å²) in [5, 5.41) is 3.25. The number of ketones is 1. The molecule has 0 saturated carbocycles. The Labute approximate surface area is 166 Å². The zero-order chi connectivity index (χ0) is 20.0. The molecule has 0 aromatic heterocycles. The summed E-state index contributed by atoms with van der Waals surface area (Å²) in [6.45, 7) is 2.44. The molecule has 6 nitrogen and oxygen atoms in total. The van der Waals surface area contributed by atoms with Crippen LogP contribution in [0.15, 0.2) is 42.5 Å². The van der Waals surface area contributed by atoms with Crippen molar-refractivity contribution in [3.8, 4) is 5.75 Å². The van der Waals surface area contributed by atoms with Crippen molar-refractivity contribution in [1.82, 2.24) is 0 Å². The van der Waals surface area contributed by atoms with Crippen molar-refractivity contribution in [2.45, 2.75) is 20.0 Å². The lowest BCUT2D eigenvalue weighted by atomic mass is 10.1. The first-order valence-electron chi connectivity index (χ1n) is 7.95.